The van der Waals surface area contributed by atoms with E-state index in [1.54, 1.807) is 18.5 Å². The summed E-state index contributed by atoms with van der Waals surface area (Å²) in [5.41, 5.74) is 6.12. The average Bonchev–Trinajstić information content (AvgIpc) is 3.10. The summed E-state index contributed by atoms with van der Waals surface area (Å²) >= 11 is 0. The Hall–Kier alpha value is -1.94. The first-order valence-electron chi connectivity index (χ1n) is 8.49. The molecule has 0 amide bonds. The number of rotatable bonds is 4. The van der Waals surface area contributed by atoms with Gasteiger partial charge >= 0.3 is 0 Å². The molecule has 10 heteroatoms. The number of anilines is 1. The Kier molecular flexibility index (Phi) is 5.38. The van der Waals surface area contributed by atoms with E-state index in [0.717, 1.165) is 45.0 Å². The van der Waals surface area contributed by atoms with Crippen LogP contribution in [-0.4, -0.2) is 85.1 Å². The molecule has 9 nitrogen and oxygen atoms in total. The second-order valence-electron chi connectivity index (χ2n) is 6.39. The standard InChI is InChI=1S/C15H25N7O2S/c1-25(23,24)22-7-2-4-13(22)12-19-14(16)20-8-10-21(11-9-20)15-17-5-3-6-18-15/h3,5-6,13H,2,4,7-12H2,1H3,(H2,16,19)/t13-/m1/s1. The number of hydrogen-bond acceptors (Lipinski definition) is 6. The lowest BCUT2D eigenvalue weighted by Gasteiger charge is -2.35. The minimum absolute atomic E-state index is 0.0763. The summed E-state index contributed by atoms with van der Waals surface area (Å²) in [5.74, 6) is 1.21. The number of aromatic nitrogens is 2. The number of sulfonamides is 1. The molecular formula is C15H25N7O2S. The number of aliphatic imine (C=N–C) groups is 1. The minimum atomic E-state index is -3.17. The third-order valence-corrected chi connectivity index (χ3v) is 5.98. The lowest BCUT2D eigenvalue weighted by Crippen LogP contribution is -2.51. The van der Waals surface area contributed by atoms with E-state index in [1.807, 2.05) is 4.90 Å². The summed E-state index contributed by atoms with van der Waals surface area (Å²) in [7, 11) is -3.17. The van der Waals surface area contributed by atoms with Gasteiger partial charge in [-0.1, -0.05) is 0 Å². The van der Waals surface area contributed by atoms with Gasteiger partial charge in [0.05, 0.1) is 12.8 Å². The van der Waals surface area contributed by atoms with Crippen molar-refractivity contribution < 1.29 is 8.42 Å². The Morgan fingerprint density at radius 2 is 1.92 bits per heavy atom. The number of nitrogens with two attached hydrogens (primary N) is 1. The Morgan fingerprint density at radius 3 is 2.56 bits per heavy atom. The van der Waals surface area contributed by atoms with Gasteiger partial charge in [0, 0.05) is 51.2 Å². The van der Waals surface area contributed by atoms with Gasteiger partial charge in [0.2, 0.25) is 16.0 Å². The van der Waals surface area contributed by atoms with E-state index in [4.69, 9.17) is 5.73 Å². The van der Waals surface area contributed by atoms with Gasteiger partial charge in [-0.3, -0.25) is 4.99 Å². The highest BCUT2D eigenvalue weighted by molar-refractivity contribution is 7.88. The highest BCUT2D eigenvalue weighted by Gasteiger charge is 2.31. The molecule has 1 atom stereocenters. The van der Waals surface area contributed by atoms with Crippen LogP contribution in [0.1, 0.15) is 12.8 Å². The molecule has 0 unspecified atom stereocenters. The molecule has 2 fully saturated rings. The molecule has 1 aromatic rings. The fourth-order valence-corrected chi connectivity index (χ4v) is 4.49. The van der Waals surface area contributed by atoms with E-state index in [0.29, 0.717) is 19.0 Å². The van der Waals surface area contributed by atoms with E-state index in [1.165, 1.54) is 10.6 Å². The van der Waals surface area contributed by atoms with Crippen LogP contribution in [0.15, 0.2) is 23.5 Å². The van der Waals surface area contributed by atoms with Crippen molar-refractivity contribution in [1.29, 1.82) is 0 Å². The van der Waals surface area contributed by atoms with E-state index >= 15 is 0 Å². The van der Waals surface area contributed by atoms with Gasteiger partial charge in [-0.15, -0.1) is 0 Å². The van der Waals surface area contributed by atoms with E-state index < -0.39 is 10.0 Å². The largest absolute Gasteiger partial charge is 0.370 e. The maximum absolute atomic E-state index is 11.8. The molecule has 0 spiro atoms. The van der Waals surface area contributed by atoms with Crippen molar-refractivity contribution in [2.45, 2.75) is 18.9 Å². The summed E-state index contributed by atoms with van der Waals surface area (Å²) < 4.78 is 25.1. The molecule has 0 bridgehead atoms. The van der Waals surface area contributed by atoms with Gasteiger partial charge in [0.1, 0.15) is 0 Å². The fraction of sp³-hybridized carbons (Fsp3) is 0.667. The molecule has 3 rings (SSSR count). The van der Waals surface area contributed by atoms with E-state index in [9.17, 15) is 8.42 Å². The zero-order valence-electron chi connectivity index (χ0n) is 14.5. The predicted octanol–water partition coefficient (Wildman–Crippen LogP) is -0.663. The van der Waals surface area contributed by atoms with Gasteiger partial charge in [-0.25, -0.2) is 18.4 Å². The normalized spacial score (nSPS) is 23.2. The van der Waals surface area contributed by atoms with Gasteiger partial charge in [0.25, 0.3) is 0 Å². The van der Waals surface area contributed by atoms with Gasteiger partial charge in [-0.2, -0.15) is 4.31 Å². The van der Waals surface area contributed by atoms with Crippen LogP contribution in [0.25, 0.3) is 0 Å². The molecular weight excluding hydrogens is 342 g/mol. The molecule has 2 aliphatic heterocycles. The number of nitrogens with zero attached hydrogens (tertiary/aromatic N) is 6. The summed E-state index contributed by atoms with van der Waals surface area (Å²) in [6, 6.07) is 1.72. The van der Waals surface area contributed by atoms with Gasteiger partial charge in [0.15, 0.2) is 5.96 Å². The van der Waals surface area contributed by atoms with Crippen LogP contribution < -0.4 is 10.6 Å². The molecule has 0 radical (unpaired) electrons. The molecule has 0 aromatic carbocycles. The Labute approximate surface area is 148 Å². The zero-order valence-corrected chi connectivity index (χ0v) is 15.3. The smallest absolute Gasteiger partial charge is 0.225 e. The van der Waals surface area contributed by atoms with Crippen LogP contribution in [0, 0.1) is 0 Å². The highest BCUT2D eigenvalue weighted by Crippen LogP contribution is 2.20. The summed E-state index contributed by atoms with van der Waals surface area (Å²) in [6.07, 6.45) is 6.44. The Balaban J connectivity index is 1.54. The number of guanidine groups is 1. The predicted molar refractivity (Wildman–Crippen MR) is 96.9 cm³/mol. The molecule has 2 N–H and O–H groups in total. The maximum atomic E-state index is 11.8. The molecule has 1 aromatic heterocycles. The van der Waals surface area contributed by atoms with Crippen molar-refractivity contribution in [3.8, 4) is 0 Å². The van der Waals surface area contributed by atoms with Crippen molar-refractivity contribution in [1.82, 2.24) is 19.2 Å². The number of hydrogen-bond donors (Lipinski definition) is 1. The fourth-order valence-electron chi connectivity index (χ4n) is 3.32. The molecule has 2 saturated heterocycles. The topological polar surface area (TPSA) is 108 Å². The lowest BCUT2D eigenvalue weighted by atomic mass is 10.2. The van der Waals surface area contributed by atoms with Crippen molar-refractivity contribution >= 4 is 21.9 Å². The first-order valence-corrected chi connectivity index (χ1v) is 10.3. The van der Waals surface area contributed by atoms with Crippen LogP contribution in [0.4, 0.5) is 5.95 Å². The average molecular weight is 367 g/mol. The Bertz CT molecular complexity index is 702. The van der Waals surface area contributed by atoms with Crippen LogP contribution in [0.2, 0.25) is 0 Å². The highest BCUT2D eigenvalue weighted by atomic mass is 32.2. The first kappa shape index (κ1) is 17.9. The Morgan fingerprint density at radius 1 is 1.24 bits per heavy atom. The quantitative estimate of drug-likeness (QED) is 0.556. The summed E-state index contributed by atoms with van der Waals surface area (Å²) in [4.78, 5) is 17.1. The molecule has 2 aliphatic rings. The van der Waals surface area contributed by atoms with Crippen molar-refractivity contribution in [2.24, 2.45) is 10.7 Å². The molecule has 0 aliphatic carbocycles. The molecule has 25 heavy (non-hydrogen) atoms. The van der Waals surface area contributed by atoms with Crippen LogP contribution in [0.5, 0.6) is 0 Å². The first-order chi connectivity index (χ1) is 11.9. The van der Waals surface area contributed by atoms with Crippen LogP contribution >= 0.6 is 0 Å². The van der Waals surface area contributed by atoms with Crippen LogP contribution in [0.3, 0.4) is 0 Å². The molecule has 3 heterocycles. The second-order valence-corrected chi connectivity index (χ2v) is 8.33. The molecule has 138 valence electrons. The van der Waals surface area contributed by atoms with Crippen molar-refractivity contribution in [3.63, 3.8) is 0 Å². The maximum Gasteiger partial charge on any atom is 0.225 e. The third kappa shape index (κ3) is 4.37. The second kappa shape index (κ2) is 7.52. The van der Waals surface area contributed by atoms with E-state index in [-0.39, 0.29) is 6.04 Å². The van der Waals surface area contributed by atoms with Crippen LogP contribution in [-0.2, 0) is 10.0 Å². The lowest BCUT2D eigenvalue weighted by molar-refractivity contribution is 0.371. The van der Waals surface area contributed by atoms with Gasteiger partial charge in [-0.05, 0) is 18.9 Å². The zero-order chi connectivity index (χ0) is 17.9. The summed E-state index contributed by atoms with van der Waals surface area (Å²) in [6.45, 7) is 4.04. The van der Waals surface area contributed by atoms with Gasteiger partial charge < -0.3 is 15.5 Å². The van der Waals surface area contributed by atoms with Crippen molar-refractivity contribution in [3.05, 3.63) is 18.5 Å². The SMILES string of the molecule is CS(=O)(=O)N1CCC[C@@H]1CN=C(N)N1CCN(c2ncccn2)CC1. The molecule has 0 saturated carbocycles. The van der Waals surface area contributed by atoms with E-state index in [2.05, 4.69) is 19.9 Å². The monoisotopic (exact) mass is 367 g/mol. The van der Waals surface area contributed by atoms with Crippen molar-refractivity contribution in [2.75, 3.05) is 50.4 Å². The third-order valence-electron chi connectivity index (χ3n) is 4.65. The number of piperazine rings is 1. The minimum Gasteiger partial charge on any atom is -0.370 e. The summed E-state index contributed by atoms with van der Waals surface area (Å²) in [5, 5.41) is 0.